The van der Waals surface area contributed by atoms with Crippen molar-refractivity contribution in [2.24, 2.45) is 4.99 Å². The van der Waals surface area contributed by atoms with Gasteiger partial charge in [-0.2, -0.15) is 0 Å². The fourth-order valence-electron chi connectivity index (χ4n) is 3.55. The molecule has 0 unspecified atom stereocenters. The number of nitrogens with zero attached hydrogens (tertiary/aromatic N) is 2. The Hall–Kier alpha value is -2.79. The number of nitrogens with one attached hydrogen (secondary N) is 1. The molecule has 5 heteroatoms. The van der Waals surface area contributed by atoms with Gasteiger partial charge in [0.05, 0.1) is 11.3 Å². The molecule has 0 saturated carbocycles. The number of anilines is 1. The van der Waals surface area contributed by atoms with Crippen molar-refractivity contribution in [1.29, 1.82) is 0 Å². The second kappa shape index (κ2) is 7.22. The molecule has 0 amide bonds. The Morgan fingerprint density at radius 1 is 1.08 bits per heavy atom. The van der Waals surface area contributed by atoms with E-state index in [1.165, 1.54) is 37.9 Å². The predicted molar refractivity (Wildman–Crippen MR) is 107 cm³/mol. The van der Waals surface area contributed by atoms with Crippen LogP contribution in [-0.2, 0) is 6.54 Å². The van der Waals surface area contributed by atoms with Gasteiger partial charge in [0, 0.05) is 29.3 Å². The predicted octanol–water partition coefficient (Wildman–Crippen LogP) is 4.19. The van der Waals surface area contributed by atoms with Crippen LogP contribution in [0.2, 0.25) is 0 Å². The van der Waals surface area contributed by atoms with E-state index in [2.05, 4.69) is 27.0 Å². The number of aromatic nitrogens is 1. The van der Waals surface area contributed by atoms with Gasteiger partial charge < -0.3 is 15.8 Å². The van der Waals surface area contributed by atoms with Crippen LogP contribution in [0.5, 0.6) is 5.88 Å². The van der Waals surface area contributed by atoms with Crippen LogP contribution < -0.4 is 5.73 Å². The molecule has 0 spiro atoms. The zero-order chi connectivity index (χ0) is 17.9. The summed E-state index contributed by atoms with van der Waals surface area (Å²) < 4.78 is 0. The van der Waals surface area contributed by atoms with E-state index in [-0.39, 0.29) is 5.88 Å². The van der Waals surface area contributed by atoms with Gasteiger partial charge >= 0.3 is 0 Å². The van der Waals surface area contributed by atoms with Crippen molar-refractivity contribution < 1.29 is 5.11 Å². The lowest BCUT2D eigenvalue weighted by molar-refractivity contribution is 0.221. The van der Waals surface area contributed by atoms with Gasteiger partial charge in [0.25, 0.3) is 0 Å². The van der Waals surface area contributed by atoms with Crippen molar-refractivity contribution in [3.63, 3.8) is 0 Å². The summed E-state index contributed by atoms with van der Waals surface area (Å²) >= 11 is 0. The number of hydrogen-bond acceptors (Lipinski definition) is 4. The topological polar surface area (TPSA) is 77.6 Å². The van der Waals surface area contributed by atoms with E-state index in [4.69, 9.17) is 5.73 Å². The average molecular weight is 348 g/mol. The van der Waals surface area contributed by atoms with Gasteiger partial charge in [-0.15, -0.1) is 0 Å². The second-order valence-corrected chi connectivity index (χ2v) is 6.95. The van der Waals surface area contributed by atoms with E-state index in [0.29, 0.717) is 11.3 Å². The van der Waals surface area contributed by atoms with Gasteiger partial charge in [-0.25, -0.2) is 0 Å². The Morgan fingerprint density at radius 3 is 2.62 bits per heavy atom. The van der Waals surface area contributed by atoms with Gasteiger partial charge in [-0.05, 0) is 61.8 Å². The smallest absolute Gasteiger partial charge is 0.198 e. The third kappa shape index (κ3) is 3.58. The van der Waals surface area contributed by atoms with Crippen molar-refractivity contribution in [3.05, 3.63) is 53.6 Å². The molecule has 5 nitrogen and oxygen atoms in total. The van der Waals surface area contributed by atoms with E-state index < -0.39 is 0 Å². The molecule has 26 heavy (non-hydrogen) atoms. The highest BCUT2D eigenvalue weighted by atomic mass is 16.3. The first kappa shape index (κ1) is 16.7. The number of piperidine rings is 1. The van der Waals surface area contributed by atoms with E-state index >= 15 is 0 Å². The molecule has 4 N–H and O–H groups in total. The number of likely N-dealkylation sites (tertiary alicyclic amines) is 1. The molecular formula is C21H24N4O. The quantitative estimate of drug-likeness (QED) is 0.489. The zero-order valence-electron chi connectivity index (χ0n) is 14.8. The molecule has 1 fully saturated rings. The Balaban J connectivity index is 1.50. The highest BCUT2D eigenvalue weighted by molar-refractivity contribution is 6.03. The Kier molecular flexibility index (Phi) is 4.63. The normalized spacial score (nSPS) is 15.8. The van der Waals surface area contributed by atoms with Crippen LogP contribution >= 0.6 is 0 Å². The molecule has 1 aliphatic heterocycles. The molecule has 1 aliphatic rings. The van der Waals surface area contributed by atoms with Crippen molar-refractivity contribution in [2.75, 3.05) is 18.8 Å². The van der Waals surface area contributed by atoms with Crippen molar-refractivity contribution in [1.82, 2.24) is 9.88 Å². The van der Waals surface area contributed by atoms with Crippen LogP contribution in [-0.4, -0.2) is 34.3 Å². The molecule has 2 heterocycles. The Bertz CT molecular complexity index is 921. The van der Waals surface area contributed by atoms with Gasteiger partial charge in [0.2, 0.25) is 0 Å². The number of aliphatic imine (C=N–C) groups is 1. The number of rotatable bonds is 4. The number of nitrogens with two attached hydrogens (primary N) is 1. The van der Waals surface area contributed by atoms with Gasteiger partial charge in [-0.1, -0.05) is 18.6 Å². The minimum absolute atomic E-state index is 0.107. The number of aromatic amines is 1. The maximum absolute atomic E-state index is 10.1. The summed E-state index contributed by atoms with van der Waals surface area (Å²) in [6, 6.07) is 13.8. The van der Waals surface area contributed by atoms with Crippen molar-refractivity contribution >= 4 is 28.5 Å². The fourth-order valence-corrected chi connectivity index (χ4v) is 3.55. The maximum Gasteiger partial charge on any atom is 0.198 e. The molecule has 0 radical (unpaired) electrons. The third-order valence-electron chi connectivity index (χ3n) is 4.98. The van der Waals surface area contributed by atoms with Crippen LogP contribution in [0.1, 0.15) is 30.4 Å². The number of benzene rings is 2. The first-order valence-corrected chi connectivity index (χ1v) is 9.14. The van der Waals surface area contributed by atoms with Crippen LogP contribution in [0.15, 0.2) is 47.5 Å². The Morgan fingerprint density at radius 2 is 1.85 bits per heavy atom. The number of nitrogen functional groups attached to an aromatic ring is 1. The average Bonchev–Trinajstić information content (AvgIpc) is 2.96. The van der Waals surface area contributed by atoms with Crippen LogP contribution in [0.3, 0.4) is 0 Å². The van der Waals surface area contributed by atoms with Gasteiger partial charge in [0.1, 0.15) is 0 Å². The number of fused-ring (bicyclic) bond motifs is 1. The summed E-state index contributed by atoms with van der Waals surface area (Å²) in [6.07, 6.45) is 5.66. The largest absolute Gasteiger partial charge is 0.494 e. The fraction of sp³-hybridized carbons (Fsp3) is 0.286. The second-order valence-electron chi connectivity index (χ2n) is 6.95. The molecule has 0 atom stereocenters. The number of H-pyrrole nitrogens is 1. The minimum Gasteiger partial charge on any atom is -0.494 e. The van der Waals surface area contributed by atoms with E-state index in [1.807, 2.05) is 24.3 Å². The molecule has 1 aromatic heterocycles. The Labute approximate surface area is 153 Å². The molecule has 0 aliphatic carbocycles. The lowest BCUT2D eigenvalue weighted by atomic mass is 10.1. The molecule has 4 rings (SSSR count). The summed E-state index contributed by atoms with van der Waals surface area (Å²) in [6.45, 7) is 3.40. The van der Waals surface area contributed by atoms with Gasteiger partial charge in [-0.3, -0.25) is 9.89 Å². The summed E-state index contributed by atoms with van der Waals surface area (Å²) in [4.78, 5) is 9.98. The standard InChI is InChI=1S/C21H24N4O/c22-16-6-9-20-18(12-16)19(21(26)24-20)13-23-17-7-4-15(5-8-17)14-25-10-2-1-3-11-25/h4-9,12-13,24,26H,1-3,10-11,14,22H2. The summed E-state index contributed by atoms with van der Waals surface area (Å²) in [7, 11) is 0. The molecule has 1 saturated heterocycles. The lowest BCUT2D eigenvalue weighted by Crippen LogP contribution is -2.28. The highest BCUT2D eigenvalue weighted by Crippen LogP contribution is 2.28. The van der Waals surface area contributed by atoms with Crippen molar-refractivity contribution in [2.45, 2.75) is 25.8 Å². The highest BCUT2D eigenvalue weighted by Gasteiger charge is 2.11. The van der Waals surface area contributed by atoms with Gasteiger partial charge in [0.15, 0.2) is 5.88 Å². The number of aromatic hydroxyl groups is 1. The maximum atomic E-state index is 10.1. The molecule has 0 bridgehead atoms. The SMILES string of the molecule is Nc1ccc2[nH]c(O)c(C=Nc3ccc(CN4CCCCC4)cc3)c2c1. The summed E-state index contributed by atoms with van der Waals surface area (Å²) in [5.41, 5.74) is 10.2. The third-order valence-corrected chi connectivity index (χ3v) is 4.98. The monoisotopic (exact) mass is 348 g/mol. The van der Waals surface area contributed by atoms with Crippen LogP contribution in [0, 0.1) is 0 Å². The van der Waals surface area contributed by atoms with E-state index in [9.17, 15) is 5.11 Å². The van der Waals surface area contributed by atoms with E-state index in [0.717, 1.165) is 23.1 Å². The first-order valence-electron chi connectivity index (χ1n) is 9.14. The molecular weight excluding hydrogens is 324 g/mol. The molecule has 2 aromatic carbocycles. The van der Waals surface area contributed by atoms with Crippen LogP contribution in [0.4, 0.5) is 11.4 Å². The molecule has 3 aromatic rings. The van der Waals surface area contributed by atoms with E-state index in [1.54, 1.807) is 12.3 Å². The van der Waals surface area contributed by atoms with Crippen LogP contribution in [0.25, 0.3) is 10.9 Å². The summed E-state index contributed by atoms with van der Waals surface area (Å²) in [5, 5.41) is 11.0. The first-order chi connectivity index (χ1) is 12.7. The number of hydrogen-bond donors (Lipinski definition) is 3. The molecule has 134 valence electrons. The summed E-state index contributed by atoms with van der Waals surface area (Å²) in [5.74, 6) is 0.107. The van der Waals surface area contributed by atoms with Crippen molar-refractivity contribution in [3.8, 4) is 5.88 Å². The zero-order valence-corrected chi connectivity index (χ0v) is 14.8. The lowest BCUT2D eigenvalue weighted by Gasteiger charge is -2.26. The minimum atomic E-state index is 0.107.